The normalized spacial score (nSPS) is 10.4. The number of hydrogen-bond acceptors (Lipinski definition) is 3. The quantitative estimate of drug-likeness (QED) is 0.449. The fraction of sp³-hybridized carbons (Fsp3) is 0.692. The molecule has 0 bridgehead atoms. The Balaban J connectivity index is -0.000000855. The number of anilines is 1. The van der Waals surface area contributed by atoms with Crippen molar-refractivity contribution in [3.05, 3.63) is 30.3 Å². The van der Waals surface area contributed by atoms with Gasteiger partial charge < -0.3 is 16.4 Å². The second-order valence-electron chi connectivity index (χ2n) is 8.87. The van der Waals surface area contributed by atoms with Crippen LogP contribution in [0.25, 0.3) is 0 Å². The number of hydrogen-bond donors (Lipinski definition) is 3. The van der Waals surface area contributed by atoms with Crippen LogP contribution in [-0.2, 0) is 9.59 Å². The summed E-state index contributed by atoms with van der Waals surface area (Å²) in [5, 5.41) is 5.89. The molecule has 0 radical (unpaired) electrons. The van der Waals surface area contributed by atoms with E-state index in [0.29, 0.717) is 18.9 Å². The summed E-state index contributed by atoms with van der Waals surface area (Å²) in [6.07, 6.45) is 3.11. The van der Waals surface area contributed by atoms with Crippen molar-refractivity contribution in [1.29, 1.82) is 0 Å². The minimum absolute atomic E-state index is 0.00761. The third-order valence-electron chi connectivity index (χ3n) is 4.32. The molecule has 5 nitrogen and oxygen atoms in total. The van der Waals surface area contributed by atoms with Gasteiger partial charge in [0.25, 0.3) is 0 Å². The zero-order valence-corrected chi connectivity index (χ0v) is 22.2. The van der Waals surface area contributed by atoms with E-state index in [1.807, 2.05) is 71.9 Å². The molecular weight excluding hydrogens is 386 g/mol. The molecule has 0 aliphatic heterocycles. The molecule has 0 aliphatic rings. The maximum absolute atomic E-state index is 12.6. The maximum atomic E-state index is 12.6. The lowest BCUT2D eigenvalue weighted by Crippen LogP contribution is -2.43. The second-order valence-corrected chi connectivity index (χ2v) is 8.87. The first-order valence-electron chi connectivity index (χ1n) is 11.7. The van der Waals surface area contributed by atoms with Gasteiger partial charge in [-0.25, -0.2) is 0 Å². The highest BCUT2D eigenvalue weighted by molar-refractivity contribution is 5.95. The Hall–Kier alpha value is -1.88. The molecule has 0 fully saturated rings. The summed E-state index contributed by atoms with van der Waals surface area (Å²) in [6, 6.07) is 9.38. The van der Waals surface area contributed by atoms with E-state index in [-0.39, 0.29) is 11.8 Å². The lowest BCUT2D eigenvalue weighted by atomic mass is 9.74. The number of carbonyl (C=O) groups is 2. The highest BCUT2D eigenvalue weighted by Gasteiger charge is 2.38. The van der Waals surface area contributed by atoms with E-state index >= 15 is 0 Å². The highest BCUT2D eigenvalue weighted by Crippen LogP contribution is 2.35. The summed E-state index contributed by atoms with van der Waals surface area (Å²) in [6.45, 7) is 20.7. The molecule has 31 heavy (non-hydrogen) atoms. The van der Waals surface area contributed by atoms with E-state index in [4.69, 9.17) is 0 Å². The minimum atomic E-state index is -0.644. The molecule has 1 rings (SSSR count). The number of carbonyl (C=O) groups excluding carboxylic acids is 2. The lowest BCUT2D eigenvalue weighted by Gasteiger charge is -2.33. The van der Waals surface area contributed by atoms with Crippen molar-refractivity contribution in [3.8, 4) is 0 Å². The van der Waals surface area contributed by atoms with Crippen LogP contribution < -0.4 is 16.4 Å². The first-order chi connectivity index (χ1) is 14.5. The SMILES string of the molecule is CC.CC(C)CNC(=O)C(C)(C)CC(C)(C)C(=O)Nc1ccccc1.CCCC.CN. The molecule has 0 saturated carbocycles. The van der Waals surface area contributed by atoms with Gasteiger partial charge in [0, 0.05) is 23.1 Å². The fourth-order valence-corrected chi connectivity index (χ4v) is 2.62. The van der Waals surface area contributed by atoms with Crippen LogP contribution in [0, 0.1) is 16.7 Å². The van der Waals surface area contributed by atoms with Gasteiger partial charge in [-0.05, 0) is 31.5 Å². The average molecular weight is 438 g/mol. The molecule has 0 aromatic heterocycles. The molecule has 0 atom stereocenters. The Morgan fingerprint density at radius 1 is 0.871 bits per heavy atom. The van der Waals surface area contributed by atoms with Gasteiger partial charge in [-0.2, -0.15) is 0 Å². The molecule has 0 heterocycles. The topological polar surface area (TPSA) is 84.2 Å². The predicted octanol–water partition coefficient (Wildman–Crippen LogP) is 6.25. The van der Waals surface area contributed by atoms with Crippen LogP contribution in [0.1, 0.15) is 88.5 Å². The molecule has 0 spiro atoms. The van der Waals surface area contributed by atoms with Crippen molar-refractivity contribution in [3.63, 3.8) is 0 Å². The Kier molecular flexibility index (Phi) is 20.5. The van der Waals surface area contributed by atoms with Crippen molar-refractivity contribution in [2.24, 2.45) is 22.5 Å². The van der Waals surface area contributed by atoms with E-state index in [1.165, 1.54) is 19.9 Å². The molecule has 2 amide bonds. The van der Waals surface area contributed by atoms with Crippen LogP contribution in [0.15, 0.2) is 30.3 Å². The van der Waals surface area contributed by atoms with Crippen molar-refractivity contribution in [2.75, 3.05) is 18.9 Å². The summed E-state index contributed by atoms with van der Waals surface area (Å²) in [7, 11) is 1.50. The number of rotatable bonds is 8. The standard InChI is InChI=1S/C19H30N2O2.C4H10.C2H6.CH5N/c1-14(2)12-20-16(22)18(3,4)13-19(5,6)17(23)21-15-10-8-7-9-11-15;1-3-4-2;2*1-2/h7-11,14H,12-13H2,1-6H3,(H,20,22)(H,21,23);3-4H2,1-2H3;1-2H3;2H2,1H3. The largest absolute Gasteiger partial charge is 0.355 e. The van der Waals surface area contributed by atoms with E-state index in [1.54, 1.807) is 0 Å². The second kappa shape index (κ2) is 18.9. The summed E-state index contributed by atoms with van der Waals surface area (Å²) in [5.41, 5.74) is 4.02. The zero-order chi connectivity index (χ0) is 25.1. The van der Waals surface area contributed by atoms with Crippen molar-refractivity contribution in [2.45, 2.75) is 88.5 Å². The molecule has 5 heteroatoms. The van der Waals surface area contributed by atoms with Crippen molar-refractivity contribution >= 4 is 17.5 Å². The van der Waals surface area contributed by atoms with Crippen LogP contribution in [0.5, 0.6) is 0 Å². The number of nitrogens with two attached hydrogens (primary N) is 1. The van der Waals surface area contributed by atoms with E-state index in [2.05, 4.69) is 44.1 Å². The van der Waals surface area contributed by atoms with E-state index < -0.39 is 10.8 Å². The number of amides is 2. The lowest BCUT2D eigenvalue weighted by molar-refractivity contribution is -0.133. The molecule has 0 unspecified atom stereocenters. The Labute approximate surface area is 193 Å². The fourth-order valence-electron chi connectivity index (χ4n) is 2.62. The molecule has 1 aromatic rings. The van der Waals surface area contributed by atoms with Gasteiger partial charge in [0.1, 0.15) is 0 Å². The molecule has 1 aromatic carbocycles. The summed E-state index contributed by atoms with van der Waals surface area (Å²) < 4.78 is 0. The number of nitrogens with one attached hydrogen (secondary N) is 2. The monoisotopic (exact) mass is 437 g/mol. The smallest absolute Gasteiger partial charge is 0.230 e. The van der Waals surface area contributed by atoms with Crippen LogP contribution in [0.3, 0.4) is 0 Å². The van der Waals surface area contributed by atoms with Crippen LogP contribution in [-0.4, -0.2) is 25.4 Å². The number of unbranched alkanes of at least 4 members (excludes halogenated alkanes) is 1. The third kappa shape index (κ3) is 16.5. The van der Waals surface area contributed by atoms with Gasteiger partial charge in [-0.15, -0.1) is 0 Å². The first kappa shape index (κ1) is 33.8. The van der Waals surface area contributed by atoms with Gasteiger partial charge in [-0.1, -0.05) is 100 Å². The third-order valence-corrected chi connectivity index (χ3v) is 4.32. The van der Waals surface area contributed by atoms with Crippen molar-refractivity contribution < 1.29 is 9.59 Å². The van der Waals surface area contributed by atoms with Gasteiger partial charge in [0.2, 0.25) is 11.8 Å². The summed E-state index contributed by atoms with van der Waals surface area (Å²) in [4.78, 5) is 24.9. The number of para-hydroxylation sites is 1. The van der Waals surface area contributed by atoms with Crippen LogP contribution in [0.2, 0.25) is 0 Å². The maximum Gasteiger partial charge on any atom is 0.230 e. The Morgan fingerprint density at radius 2 is 1.29 bits per heavy atom. The molecule has 0 aliphatic carbocycles. The summed E-state index contributed by atoms with van der Waals surface area (Å²) >= 11 is 0. The van der Waals surface area contributed by atoms with Crippen molar-refractivity contribution in [1.82, 2.24) is 5.32 Å². The minimum Gasteiger partial charge on any atom is -0.355 e. The number of benzene rings is 1. The molecule has 0 saturated heterocycles. The van der Waals surface area contributed by atoms with Crippen LogP contribution in [0.4, 0.5) is 5.69 Å². The average Bonchev–Trinajstić information content (AvgIpc) is 2.75. The van der Waals surface area contributed by atoms with Gasteiger partial charge >= 0.3 is 0 Å². The van der Waals surface area contributed by atoms with E-state index in [0.717, 1.165) is 5.69 Å². The van der Waals surface area contributed by atoms with Gasteiger partial charge in [0.15, 0.2) is 0 Å². The molecule has 182 valence electrons. The van der Waals surface area contributed by atoms with Gasteiger partial charge in [0.05, 0.1) is 0 Å². The zero-order valence-electron chi connectivity index (χ0n) is 22.2. The first-order valence-corrected chi connectivity index (χ1v) is 11.7. The molecular formula is C26H51N3O2. The molecule has 4 N–H and O–H groups in total. The summed E-state index contributed by atoms with van der Waals surface area (Å²) in [5.74, 6) is 0.323. The van der Waals surface area contributed by atoms with Crippen LogP contribution >= 0.6 is 0 Å². The Morgan fingerprint density at radius 3 is 1.68 bits per heavy atom. The highest BCUT2D eigenvalue weighted by atomic mass is 16.2. The Bertz CT molecular complexity index is 565. The van der Waals surface area contributed by atoms with E-state index in [9.17, 15) is 9.59 Å². The predicted molar refractivity (Wildman–Crippen MR) is 137 cm³/mol. The van der Waals surface area contributed by atoms with Gasteiger partial charge in [-0.3, -0.25) is 9.59 Å².